The summed E-state index contributed by atoms with van der Waals surface area (Å²) in [6, 6.07) is 3.01. The Kier molecular flexibility index (Phi) is 13.1. The maximum atomic E-state index is 14.1. The number of ether oxygens (including phenoxy) is 1. The van der Waals surface area contributed by atoms with Gasteiger partial charge in [-0.2, -0.15) is 10.2 Å². The molecule has 0 unspecified atom stereocenters. The Morgan fingerprint density at radius 3 is 1.69 bits per heavy atom. The third-order valence-electron chi connectivity index (χ3n) is 11.1. The lowest BCUT2D eigenvalue weighted by atomic mass is 9.91. The highest BCUT2D eigenvalue weighted by Crippen LogP contribution is 2.40. The molecular formula is C40H42F10N14O3Si. The van der Waals surface area contributed by atoms with Gasteiger partial charge in [-0.25, -0.2) is 73.2 Å². The van der Waals surface area contributed by atoms with Crippen LogP contribution in [0.2, 0.25) is 25.7 Å². The molecule has 2 aliphatic heterocycles. The van der Waals surface area contributed by atoms with Crippen molar-refractivity contribution in [3.8, 4) is 23.0 Å². The summed E-state index contributed by atoms with van der Waals surface area (Å²) in [7, 11) is -1.36. The van der Waals surface area contributed by atoms with Gasteiger partial charge in [0.25, 0.3) is 0 Å². The van der Waals surface area contributed by atoms with Crippen LogP contribution in [0.1, 0.15) is 51.9 Å². The SMILES string of the molecule is CC1(C)C(=O)N(COCC[Si](C)(C)C)c2nc(-c3nn(CCC(F)(F)C(F)F)c4ncc(F)cc34)nnc21.CC1(C)C(=O)Nc2nc(-c3nn(CCC(F)(F)C(F)F)c4ncc(F)cc34)nnc21. The second kappa shape index (κ2) is 18.0. The fourth-order valence-electron chi connectivity index (χ4n) is 6.94. The molecule has 364 valence electrons. The van der Waals surface area contributed by atoms with Gasteiger partial charge in [0.15, 0.2) is 22.9 Å². The van der Waals surface area contributed by atoms with Gasteiger partial charge in [0.1, 0.15) is 41.1 Å². The van der Waals surface area contributed by atoms with Crippen LogP contribution in [0.15, 0.2) is 24.5 Å². The molecule has 0 bridgehead atoms. The Labute approximate surface area is 380 Å². The van der Waals surface area contributed by atoms with Crippen molar-refractivity contribution in [1.29, 1.82) is 0 Å². The summed E-state index contributed by atoms with van der Waals surface area (Å²) in [5, 5.41) is 27.2. The number of halogens is 10. The summed E-state index contributed by atoms with van der Waals surface area (Å²) in [6.07, 6.45) is -8.39. The molecule has 0 spiro atoms. The first-order valence-corrected chi connectivity index (χ1v) is 24.4. The molecule has 8 rings (SSSR count). The van der Waals surface area contributed by atoms with E-state index in [1.165, 1.54) is 4.90 Å². The molecule has 0 radical (unpaired) electrons. The van der Waals surface area contributed by atoms with Crippen LogP contribution >= 0.6 is 0 Å². The molecule has 2 amide bonds. The van der Waals surface area contributed by atoms with Crippen LogP contribution < -0.4 is 10.2 Å². The first kappa shape index (κ1) is 49.6. The van der Waals surface area contributed by atoms with E-state index in [0.717, 1.165) is 39.9 Å². The summed E-state index contributed by atoms with van der Waals surface area (Å²) in [4.78, 5) is 43.0. The zero-order valence-corrected chi connectivity index (χ0v) is 38.2. The van der Waals surface area contributed by atoms with Crippen molar-refractivity contribution in [2.75, 3.05) is 23.6 Å². The van der Waals surface area contributed by atoms with Crippen LogP contribution in [-0.2, 0) is 38.2 Å². The number of aryl methyl sites for hydroxylation is 2. The van der Waals surface area contributed by atoms with E-state index in [9.17, 15) is 53.5 Å². The average Bonchev–Trinajstić information content (AvgIpc) is 3.93. The predicted octanol–water partition coefficient (Wildman–Crippen LogP) is 7.59. The van der Waals surface area contributed by atoms with Crippen LogP contribution in [-0.4, -0.2) is 118 Å². The highest BCUT2D eigenvalue weighted by atomic mass is 28.3. The van der Waals surface area contributed by atoms with Crippen molar-refractivity contribution in [3.63, 3.8) is 0 Å². The molecule has 0 saturated heterocycles. The number of aromatic nitrogens is 12. The minimum absolute atomic E-state index is 0.00932. The van der Waals surface area contributed by atoms with Crippen molar-refractivity contribution >= 4 is 53.6 Å². The third-order valence-corrected chi connectivity index (χ3v) is 12.8. The smallest absolute Gasteiger partial charge is 0.309 e. The Morgan fingerprint density at radius 1 is 0.721 bits per heavy atom. The van der Waals surface area contributed by atoms with Gasteiger partial charge in [0.2, 0.25) is 23.5 Å². The number of carbonyl (C=O) groups excluding carboxylic acids is 2. The second-order valence-electron chi connectivity index (χ2n) is 18.2. The zero-order valence-electron chi connectivity index (χ0n) is 37.2. The van der Waals surface area contributed by atoms with E-state index in [2.05, 4.69) is 75.5 Å². The van der Waals surface area contributed by atoms with E-state index in [0.29, 0.717) is 18.0 Å². The molecule has 2 aliphatic rings. The number of carbonyl (C=O) groups is 2. The molecule has 0 fully saturated rings. The van der Waals surface area contributed by atoms with Gasteiger partial charge >= 0.3 is 24.7 Å². The number of hydrogen-bond acceptors (Lipinski definition) is 13. The maximum absolute atomic E-state index is 14.1. The van der Waals surface area contributed by atoms with Crippen LogP contribution in [0, 0.1) is 11.6 Å². The van der Waals surface area contributed by atoms with Gasteiger partial charge in [-0.05, 0) is 45.9 Å². The molecule has 0 aromatic carbocycles. The molecule has 6 aromatic heterocycles. The Morgan fingerprint density at radius 2 is 1.21 bits per heavy atom. The highest BCUT2D eigenvalue weighted by Gasteiger charge is 2.48. The normalized spacial score (nSPS) is 15.7. The molecule has 0 saturated carbocycles. The molecule has 17 nitrogen and oxygen atoms in total. The monoisotopic (exact) mass is 984 g/mol. The van der Waals surface area contributed by atoms with E-state index >= 15 is 0 Å². The van der Waals surface area contributed by atoms with Crippen molar-refractivity contribution in [2.45, 2.75) is 115 Å². The van der Waals surface area contributed by atoms with E-state index in [1.807, 2.05) is 0 Å². The van der Waals surface area contributed by atoms with Crippen LogP contribution in [0.25, 0.3) is 45.1 Å². The van der Waals surface area contributed by atoms with Gasteiger partial charge in [-0.15, -0.1) is 20.4 Å². The molecule has 1 N–H and O–H groups in total. The second-order valence-corrected chi connectivity index (χ2v) is 23.9. The van der Waals surface area contributed by atoms with Crippen LogP contribution in [0.3, 0.4) is 0 Å². The number of fused-ring (bicyclic) bond motifs is 4. The van der Waals surface area contributed by atoms with Crippen molar-refractivity contribution in [1.82, 2.24) is 59.9 Å². The molecule has 68 heavy (non-hydrogen) atoms. The first-order valence-electron chi connectivity index (χ1n) is 20.7. The largest absolute Gasteiger partial charge is 0.361 e. The lowest BCUT2D eigenvalue weighted by Crippen LogP contribution is -2.38. The van der Waals surface area contributed by atoms with Crippen LogP contribution in [0.4, 0.5) is 55.5 Å². The van der Waals surface area contributed by atoms with E-state index in [1.54, 1.807) is 27.7 Å². The standard InChI is InChI=1S/C23H28F5N7O2Si.C17H14F5N7O/c1-22(2)16-19(34(21(22)36)12-37-8-9-38(3,4)5)30-17(32-31-16)15-14-10-13(24)11-29-18(14)35(33-15)7-6-23(27,28)20(25)26;1-16(2)10-12(25-15(16)30)24-11(27-26-10)9-8-5-7(18)6-23-13(8)29(28-9)4-3-17(21,22)14(19)20/h10-11,20H,6-9,12H2,1-5H3;5-6,14H,3-4H2,1-2H3,(H,24,25,27,30). The summed E-state index contributed by atoms with van der Waals surface area (Å²) in [5.74, 6) is -10.5. The number of hydrogen-bond donors (Lipinski definition) is 1. The van der Waals surface area contributed by atoms with Gasteiger partial charge in [0.05, 0.1) is 34.0 Å². The third kappa shape index (κ3) is 9.68. The molecule has 6 aromatic rings. The minimum Gasteiger partial charge on any atom is -0.361 e. The quantitative estimate of drug-likeness (QED) is 0.0601. The number of anilines is 2. The molecule has 28 heteroatoms. The number of pyridine rings is 2. The van der Waals surface area contributed by atoms with Gasteiger partial charge in [0, 0.05) is 40.6 Å². The Balaban J connectivity index is 0.000000207. The zero-order chi connectivity index (χ0) is 49.9. The van der Waals surface area contributed by atoms with Crippen molar-refractivity contribution in [2.24, 2.45) is 0 Å². The number of rotatable bonds is 15. The summed E-state index contributed by atoms with van der Waals surface area (Å²) in [6.45, 7) is 12.4. The predicted molar refractivity (Wildman–Crippen MR) is 225 cm³/mol. The summed E-state index contributed by atoms with van der Waals surface area (Å²) < 4.78 is 140. The lowest BCUT2D eigenvalue weighted by Gasteiger charge is -2.20. The first-order chi connectivity index (χ1) is 31.6. The molecule has 0 atom stereocenters. The van der Waals surface area contributed by atoms with Crippen molar-refractivity contribution < 1.29 is 58.2 Å². The number of alkyl halides is 8. The summed E-state index contributed by atoms with van der Waals surface area (Å²) in [5.41, 5.74) is -1.48. The van der Waals surface area contributed by atoms with E-state index in [-0.39, 0.29) is 75.3 Å². The number of nitrogens with zero attached hydrogens (tertiary/aromatic N) is 13. The van der Waals surface area contributed by atoms with Crippen LogP contribution in [0.5, 0.6) is 0 Å². The van der Waals surface area contributed by atoms with Gasteiger partial charge in [-0.1, -0.05) is 19.6 Å². The molecule has 0 aliphatic carbocycles. The summed E-state index contributed by atoms with van der Waals surface area (Å²) >= 11 is 0. The van der Waals surface area contributed by atoms with Gasteiger partial charge in [-0.3, -0.25) is 14.5 Å². The topological polar surface area (TPSA) is 197 Å². The molecule has 8 heterocycles. The fraction of sp³-hybridized carbons (Fsp3) is 0.500. The fourth-order valence-corrected chi connectivity index (χ4v) is 7.70. The Hall–Kier alpha value is -6.32. The van der Waals surface area contributed by atoms with Crippen molar-refractivity contribution in [3.05, 3.63) is 47.5 Å². The van der Waals surface area contributed by atoms with E-state index in [4.69, 9.17) is 4.74 Å². The lowest BCUT2D eigenvalue weighted by molar-refractivity contribution is -0.134. The number of nitrogens with one attached hydrogen (secondary N) is 1. The minimum atomic E-state index is -4.24. The maximum Gasteiger partial charge on any atom is 0.309 e. The van der Waals surface area contributed by atoms with Gasteiger partial charge < -0.3 is 10.1 Å². The number of amides is 2. The van der Waals surface area contributed by atoms with E-state index < -0.39 is 81.2 Å². The average molecular weight is 985 g/mol. The molecular weight excluding hydrogens is 943 g/mol. The Bertz CT molecular complexity index is 2910. The highest BCUT2D eigenvalue weighted by molar-refractivity contribution is 6.76.